The van der Waals surface area contributed by atoms with Crippen molar-refractivity contribution in [3.63, 3.8) is 0 Å². The van der Waals surface area contributed by atoms with Crippen molar-refractivity contribution in [2.45, 2.75) is 12.5 Å². The highest BCUT2D eigenvalue weighted by Crippen LogP contribution is 2.16. The minimum atomic E-state index is -0.737. The average molecular weight is 338 g/mol. The molecule has 5 nitrogen and oxygen atoms in total. The van der Waals surface area contributed by atoms with Gasteiger partial charge in [0.1, 0.15) is 11.5 Å². The molecular weight excluding hydrogens is 319 g/mol. The SMILES string of the molecule is COCC(O)CN(C)C(=O)c1csc(Cc2cccc(F)c2)n1. The first-order valence-corrected chi connectivity index (χ1v) is 7.99. The van der Waals surface area contributed by atoms with E-state index >= 15 is 0 Å². The van der Waals surface area contributed by atoms with Gasteiger partial charge in [-0.1, -0.05) is 12.1 Å². The Kier molecular flexibility index (Phi) is 6.20. The maximum atomic E-state index is 13.2. The van der Waals surface area contributed by atoms with Crippen LogP contribution in [0.3, 0.4) is 0 Å². The number of benzene rings is 1. The average Bonchev–Trinajstić information content (AvgIpc) is 2.95. The minimum Gasteiger partial charge on any atom is -0.389 e. The summed E-state index contributed by atoms with van der Waals surface area (Å²) in [5, 5.41) is 12.1. The summed E-state index contributed by atoms with van der Waals surface area (Å²) in [4.78, 5) is 18.0. The number of methoxy groups -OCH3 is 1. The summed E-state index contributed by atoms with van der Waals surface area (Å²) < 4.78 is 18.0. The number of aliphatic hydroxyl groups is 1. The third kappa shape index (κ3) is 5.09. The van der Waals surface area contributed by atoms with Crippen LogP contribution in [-0.4, -0.2) is 54.3 Å². The second kappa shape index (κ2) is 8.14. The fourth-order valence-corrected chi connectivity index (χ4v) is 2.95. The molecule has 0 saturated heterocycles. The number of carbonyl (C=O) groups excluding carboxylic acids is 1. The number of aromatic nitrogens is 1. The van der Waals surface area contributed by atoms with Gasteiger partial charge in [0.05, 0.1) is 17.7 Å². The molecule has 2 rings (SSSR count). The van der Waals surface area contributed by atoms with Crippen LogP contribution >= 0.6 is 11.3 Å². The summed E-state index contributed by atoms with van der Waals surface area (Å²) in [7, 11) is 3.09. The van der Waals surface area contributed by atoms with E-state index in [0.29, 0.717) is 12.1 Å². The van der Waals surface area contributed by atoms with Gasteiger partial charge in [-0.25, -0.2) is 9.37 Å². The zero-order valence-electron chi connectivity index (χ0n) is 13.0. The molecule has 1 heterocycles. The van der Waals surface area contributed by atoms with Crippen molar-refractivity contribution in [1.29, 1.82) is 0 Å². The zero-order valence-corrected chi connectivity index (χ0v) is 13.8. The molecule has 0 aliphatic carbocycles. The Labute approximate surface area is 138 Å². The van der Waals surface area contributed by atoms with Crippen LogP contribution in [-0.2, 0) is 11.2 Å². The molecule has 1 atom stereocenters. The van der Waals surface area contributed by atoms with Crippen LogP contribution in [0.2, 0.25) is 0 Å². The summed E-state index contributed by atoms with van der Waals surface area (Å²) in [5.74, 6) is -0.552. The lowest BCUT2D eigenvalue weighted by molar-refractivity contribution is 0.0378. The number of amides is 1. The van der Waals surface area contributed by atoms with E-state index in [4.69, 9.17) is 4.74 Å². The number of likely N-dealkylation sites (N-methyl/N-ethyl adjacent to an activating group) is 1. The maximum Gasteiger partial charge on any atom is 0.273 e. The summed E-state index contributed by atoms with van der Waals surface area (Å²) in [5.41, 5.74) is 1.13. The fourth-order valence-electron chi connectivity index (χ4n) is 2.15. The van der Waals surface area contributed by atoms with Gasteiger partial charge in [-0.3, -0.25) is 4.79 Å². The number of hydrogen-bond acceptors (Lipinski definition) is 5. The molecule has 1 amide bonds. The number of nitrogens with zero attached hydrogens (tertiary/aromatic N) is 2. The van der Waals surface area contributed by atoms with E-state index in [0.717, 1.165) is 10.6 Å². The van der Waals surface area contributed by atoms with E-state index in [-0.39, 0.29) is 24.9 Å². The fraction of sp³-hybridized carbons (Fsp3) is 0.375. The van der Waals surface area contributed by atoms with Crippen molar-refractivity contribution in [2.24, 2.45) is 0 Å². The standard InChI is InChI=1S/C16H19FN2O3S/c1-19(8-13(20)9-22-2)16(21)14-10-23-15(18-14)7-11-4-3-5-12(17)6-11/h3-6,10,13,20H,7-9H2,1-2H3. The lowest BCUT2D eigenvalue weighted by Gasteiger charge is -2.19. The van der Waals surface area contributed by atoms with Crippen molar-refractivity contribution in [2.75, 3.05) is 27.3 Å². The third-order valence-electron chi connectivity index (χ3n) is 3.21. The Hall–Kier alpha value is -1.83. The summed E-state index contributed by atoms with van der Waals surface area (Å²) in [6.45, 7) is 0.336. The predicted molar refractivity (Wildman–Crippen MR) is 86.2 cm³/mol. The van der Waals surface area contributed by atoms with Crippen molar-refractivity contribution in [3.8, 4) is 0 Å². The molecule has 1 aromatic carbocycles. The van der Waals surface area contributed by atoms with Crippen LogP contribution in [0.1, 0.15) is 21.1 Å². The van der Waals surface area contributed by atoms with Gasteiger partial charge in [-0.2, -0.15) is 0 Å². The second-order valence-corrected chi connectivity index (χ2v) is 6.17. The first-order chi connectivity index (χ1) is 11.0. The Bertz CT molecular complexity index is 662. The molecule has 0 fully saturated rings. The summed E-state index contributed by atoms with van der Waals surface area (Å²) in [6, 6.07) is 6.31. The second-order valence-electron chi connectivity index (χ2n) is 5.23. The Balaban J connectivity index is 1.99. The highest BCUT2D eigenvalue weighted by atomic mass is 32.1. The van der Waals surface area contributed by atoms with Crippen LogP contribution in [0.15, 0.2) is 29.6 Å². The molecule has 0 bridgehead atoms. The number of ether oxygens (including phenoxy) is 1. The van der Waals surface area contributed by atoms with E-state index < -0.39 is 6.10 Å². The molecule has 0 aliphatic rings. The number of rotatable bonds is 7. The smallest absolute Gasteiger partial charge is 0.273 e. The number of halogens is 1. The van der Waals surface area contributed by atoms with Crippen molar-refractivity contribution in [1.82, 2.24) is 9.88 Å². The summed E-state index contributed by atoms with van der Waals surface area (Å²) >= 11 is 1.36. The topological polar surface area (TPSA) is 62.7 Å². The van der Waals surface area contributed by atoms with Crippen LogP contribution in [0.5, 0.6) is 0 Å². The maximum absolute atomic E-state index is 13.2. The molecule has 0 aliphatic heterocycles. The van der Waals surface area contributed by atoms with Crippen molar-refractivity contribution >= 4 is 17.2 Å². The quantitative estimate of drug-likeness (QED) is 0.838. The van der Waals surface area contributed by atoms with E-state index in [1.807, 2.05) is 6.07 Å². The van der Waals surface area contributed by atoms with E-state index in [2.05, 4.69) is 4.98 Å². The minimum absolute atomic E-state index is 0.166. The van der Waals surface area contributed by atoms with Gasteiger partial charge < -0.3 is 14.7 Å². The molecule has 0 saturated carbocycles. The normalized spacial score (nSPS) is 12.2. The first kappa shape index (κ1) is 17.5. The van der Waals surface area contributed by atoms with Crippen LogP contribution < -0.4 is 0 Å². The molecule has 7 heteroatoms. The van der Waals surface area contributed by atoms with Crippen LogP contribution in [0, 0.1) is 5.82 Å². The van der Waals surface area contributed by atoms with Gasteiger partial charge in [0, 0.05) is 32.5 Å². The highest BCUT2D eigenvalue weighted by Gasteiger charge is 2.18. The van der Waals surface area contributed by atoms with Gasteiger partial charge in [-0.05, 0) is 17.7 Å². The van der Waals surface area contributed by atoms with Crippen molar-refractivity contribution in [3.05, 3.63) is 51.7 Å². The Morgan fingerprint density at radius 1 is 1.52 bits per heavy atom. The molecule has 1 N–H and O–H groups in total. The number of aliphatic hydroxyl groups excluding tert-OH is 1. The number of hydrogen-bond donors (Lipinski definition) is 1. The summed E-state index contributed by atoms with van der Waals surface area (Å²) in [6.07, 6.45) is -0.259. The molecule has 1 unspecified atom stereocenters. The van der Waals surface area contributed by atoms with Crippen molar-refractivity contribution < 1.29 is 19.0 Å². The Morgan fingerprint density at radius 2 is 2.30 bits per heavy atom. The largest absolute Gasteiger partial charge is 0.389 e. The lowest BCUT2D eigenvalue weighted by atomic mass is 10.1. The molecule has 1 aromatic heterocycles. The van der Waals surface area contributed by atoms with Gasteiger partial charge >= 0.3 is 0 Å². The lowest BCUT2D eigenvalue weighted by Crippen LogP contribution is -2.36. The van der Waals surface area contributed by atoms with E-state index in [1.165, 1.54) is 35.5 Å². The van der Waals surface area contributed by atoms with Crippen LogP contribution in [0.25, 0.3) is 0 Å². The van der Waals surface area contributed by atoms with Gasteiger partial charge in [0.25, 0.3) is 5.91 Å². The van der Waals surface area contributed by atoms with E-state index in [1.54, 1.807) is 18.5 Å². The van der Waals surface area contributed by atoms with Gasteiger partial charge in [-0.15, -0.1) is 11.3 Å². The van der Waals surface area contributed by atoms with E-state index in [9.17, 15) is 14.3 Å². The monoisotopic (exact) mass is 338 g/mol. The molecule has 23 heavy (non-hydrogen) atoms. The Morgan fingerprint density at radius 3 is 3.00 bits per heavy atom. The molecular formula is C16H19FN2O3S. The van der Waals surface area contributed by atoms with Gasteiger partial charge in [0.2, 0.25) is 0 Å². The zero-order chi connectivity index (χ0) is 16.8. The molecule has 0 spiro atoms. The number of carbonyl (C=O) groups is 1. The highest BCUT2D eigenvalue weighted by molar-refractivity contribution is 7.09. The molecule has 0 radical (unpaired) electrons. The molecule has 124 valence electrons. The number of thiazole rings is 1. The predicted octanol–water partition coefficient (Wildman–Crippen LogP) is 1.95. The van der Waals surface area contributed by atoms with Crippen LogP contribution in [0.4, 0.5) is 4.39 Å². The van der Waals surface area contributed by atoms with Gasteiger partial charge in [0.15, 0.2) is 0 Å². The third-order valence-corrected chi connectivity index (χ3v) is 4.05. The molecule has 2 aromatic rings. The first-order valence-electron chi connectivity index (χ1n) is 7.11.